The number of aromatic nitrogens is 1. The Kier molecular flexibility index (Phi) is 9.08. The Morgan fingerprint density at radius 2 is 1.78 bits per heavy atom. The molecule has 9 nitrogen and oxygen atoms in total. The van der Waals surface area contributed by atoms with Crippen molar-refractivity contribution in [2.75, 3.05) is 9.80 Å². The molecule has 1 saturated carbocycles. The number of amides is 3. The molecule has 0 spiro atoms. The molecule has 2 N–H and O–H groups in total. The zero-order valence-corrected chi connectivity index (χ0v) is 24.2. The van der Waals surface area contributed by atoms with Crippen molar-refractivity contribution in [3.8, 4) is 6.07 Å². The number of aliphatic hydroxyl groups is 1. The predicted octanol–water partition coefficient (Wildman–Crippen LogP) is 4.82. The second-order valence-electron chi connectivity index (χ2n) is 10.9. The molecule has 1 aromatic heterocycles. The Balaban J connectivity index is 1.63. The van der Waals surface area contributed by atoms with Crippen LogP contribution in [0, 0.1) is 23.0 Å². The largest absolute Gasteiger partial charge is 0.383 e. The van der Waals surface area contributed by atoms with Crippen LogP contribution in [0.15, 0.2) is 60.8 Å². The molecule has 45 heavy (non-hydrogen) atoms. The maximum Gasteiger partial charge on any atom is 0.257 e. The molecule has 2 aliphatic rings. The number of halogens is 5. The highest BCUT2D eigenvalue weighted by Crippen LogP contribution is 2.38. The van der Waals surface area contributed by atoms with Crippen LogP contribution in [0.1, 0.15) is 49.3 Å². The van der Waals surface area contributed by atoms with E-state index in [1.165, 1.54) is 36.5 Å². The van der Waals surface area contributed by atoms with Crippen molar-refractivity contribution < 1.29 is 37.1 Å². The van der Waals surface area contributed by atoms with E-state index in [1.54, 1.807) is 6.07 Å². The maximum absolute atomic E-state index is 14.6. The first-order valence-electron chi connectivity index (χ1n) is 14.0. The number of nitrogens with zero attached hydrogens (tertiary/aromatic N) is 4. The van der Waals surface area contributed by atoms with Crippen molar-refractivity contribution in [3.63, 3.8) is 0 Å². The number of hydrogen-bond donors (Lipinski definition) is 2. The highest BCUT2D eigenvalue weighted by Gasteiger charge is 2.48. The number of benzene rings is 2. The quantitative estimate of drug-likeness (QED) is 0.356. The molecule has 5 rings (SSSR count). The van der Waals surface area contributed by atoms with E-state index in [0.717, 1.165) is 21.9 Å². The van der Waals surface area contributed by atoms with Gasteiger partial charge in [0.05, 0.1) is 17.3 Å². The van der Waals surface area contributed by atoms with Crippen LogP contribution in [0.5, 0.6) is 0 Å². The third-order valence-corrected chi connectivity index (χ3v) is 8.16. The van der Waals surface area contributed by atoms with Crippen molar-refractivity contribution in [2.24, 2.45) is 0 Å². The fraction of sp³-hybridized carbons (Fsp3) is 0.323. The monoisotopic (exact) mass is 643 g/mol. The van der Waals surface area contributed by atoms with Crippen LogP contribution < -0.4 is 15.1 Å². The predicted molar refractivity (Wildman–Crippen MR) is 154 cm³/mol. The van der Waals surface area contributed by atoms with Crippen LogP contribution in [-0.2, 0) is 14.4 Å². The highest BCUT2D eigenvalue weighted by molar-refractivity contribution is 6.31. The summed E-state index contributed by atoms with van der Waals surface area (Å²) in [6.07, 6.45) is -2.02. The standard InChI is InChI=1S/C31H26ClF4N5O4/c32-23-4-2-1-3-22(23)27(28(43)39-20-5-8-31(35,36)9-6-20)40(21-13-18(33)12-19(34)14-21)29(44)24-15-25(42)30(45)41(24)26-11-17(16-37)7-10-38-26/h1-4,7,10-14,20,24-25,27,42H,5-6,8-9,15H2,(H,39,43)/t24-,25+,27+/m0/s1. The number of rotatable bonds is 7. The minimum Gasteiger partial charge on any atom is -0.383 e. The van der Waals surface area contributed by atoms with Gasteiger partial charge in [-0.05, 0) is 43.2 Å². The Bertz CT molecular complexity index is 1660. The summed E-state index contributed by atoms with van der Waals surface area (Å²) in [6.45, 7) is 0. The fourth-order valence-corrected chi connectivity index (χ4v) is 5.88. The van der Waals surface area contributed by atoms with Gasteiger partial charge in [0, 0.05) is 48.2 Å². The molecule has 2 fully saturated rings. The number of aliphatic hydroxyl groups excluding tert-OH is 1. The van der Waals surface area contributed by atoms with Crippen LogP contribution in [0.4, 0.5) is 29.1 Å². The fourth-order valence-electron chi connectivity index (χ4n) is 5.64. The number of carbonyl (C=O) groups excluding carboxylic acids is 3. The number of alkyl halides is 2. The van der Waals surface area contributed by atoms with Crippen molar-refractivity contribution >= 4 is 40.8 Å². The Morgan fingerprint density at radius 1 is 1.11 bits per heavy atom. The van der Waals surface area contributed by atoms with Crippen LogP contribution in [-0.4, -0.2) is 51.9 Å². The molecule has 0 unspecified atom stereocenters. The van der Waals surface area contributed by atoms with E-state index < -0.39 is 84.5 Å². The lowest BCUT2D eigenvalue weighted by Gasteiger charge is -2.37. The SMILES string of the molecule is N#Cc1ccnc(N2C(=O)[C@H](O)C[C@H]2C(=O)N(c2cc(F)cc(F)c2)[C@@H](C(=O)NC2CCC(F)(F)CC2)c2ccccc2Cl)c1. The summed E-state index contributed by atoms with van der Waals surface area (Å²) in [5.74, 6) is -8.05. The van der Waals surface area contributed by atoms with Crippen molar-refractivity contribution in [1.29, 1.82) is 5.26 Å². The van der Waals surface area contributed by atoms with Gasteiger partial charge < -0.3 is 10.4 Å². The van der Waals surface area contributed by atoms with Gasteiger partial charge in [0.15, 0.2) is 0 Å². The number of carbonyl (C=O) groups is 3. The summed E-state index contributed by atoms with van der Waals surface area (Å²) >= 11 is 6.50. The molecule has 2 heterocycles. The highest BCUT2D eigenvalue weighted by atomic mass is 35.5. The molecule has 14 heteroatoms. The molecule has 0 bridgehead atoms. The lowest BCUT2D eigenvalue weighted by atomic mass is 9.91. The minimum absolute atomic E-state index is 0.00489. The number of hydrogen-bond acceptors (Lipinski definition) is 6. The first kappa shape index (κ1) is 31.9. The smallest absolute Gasteiger partial charge is 0.257 e. The number of nitrogens with one attached hydrogen (secondary N) is 1. The molecule has 3 atom stereocenters. The van der Waals surface area contributed by atoms with Gasteiger partial charge in [-0.3, -0.25) is 24.2 Å². The Labute approximate surface area is 260 Å². The molecular formula is C31H26ClF4N5O4. The zero-order valence-electron chi connectivity index (χ0n) is 23.5. The van der Waals surface area contributed by atoms with Gasteiger partial charge in [0.1, 0.15) is 35.6 Å². The summed E-state index contributed by atoms with van der Waals surface area (Å²) in [5, 5.41) is 22.6. The van der Waals surface area contributed by atoms with E-state index in [-0.39, 0.29) is 34.8 Å². The van der Waals surface area contributed by atoms with Crippen LogP contribution in [0.25, 0.3) is 0 Å². The molecule has 234 valence electrons. The zero-order chi connectivity index (χ0) is 32.5. The van der Waals surface area contributed by atoms with E-state index in [9.17, 15) is 42.3 Å². The number of pyridine rings is 1. The van der Waals surface area contributed by atoms with Gasteiger partial charge in [-0.1, -0.05) is 29.8 Å². The van der Waals surface area contributed by atoms with Gasteiger partial charge >= 0.3 is 0 Å². The van der Waals surface area contributed by atoms with Gasteiger partial charge in [0.25, 0.3) is 11.8 Å². The van der Waals surface area contributed by atoms with Crippen molar-refractivity contribution in [3.05, 3.63) is 88.6 Å². The first-order chi connectivity index (χ1) is 21.4. The average Bonchev–Trinajstić information content (AvgIpc) is 3.30. The second-order valence-corrected chi connectivity index (χ2v) is 11.3. The summed E-state index contributed by atoms with van der Waals surface area (Å²) < 4.78 is 57.0. The second kappa shape index (κ2) is 12.8. The normalized spacial score (nSPS) is 20.4. The van der Waals surface area contributed by atoms with Crippen molar-refractivity contribution in [2.45, 2.75) is 62.3 Å². The van der Waals surface area contributed by atoms with Gasteiger partial charge in [-0.25, -0.2) is 22.5 Å². The van der Waals surface area contributed by atoms with E-state index in [2.05, 4.69) is 10.3 Å². The molecule has 1 aliphatic carbocycles. The van der Waals surface area contributed by atoms with E-state index >= 15 is 0 Å². The third-order valence-electron chi connectivity index (χ3n) is 7.82. The average molecular weight is 644 g/mol. The molecule has 0 radical (unpaired) electrons. The molecule has 3 aromatic rings. The summed E-state index contributed by atoms with van der Waals surface area (Å²) in [5.41, 5.74) is -0.284. The van der Waals surface area contributed by atoms with Crippen LogP contribution >= 0.6 is 11.6 Å². The van der Waals surface area contributed by atoms with E-state index in [1.807, 2.05) is 6.07 Å². The molecule has 1 aliphatic heterocycles. The Hall–Kier alpha value is -4.54. The van der Waals surface area contributed by atoms with Gasteiger partial charge in [-0.15, -0.1) is 0 Å². The molecule has 2 aromatic carbocycles. The third kappa shape index (κ3) is 6.77. The summed E-state index contributed by atoms with van der Waals surface area (Å²) in [7, 11) is 0. The topological polar surface area (TPSA) is 127 Å². The summed E-state index contributed by atoms with van der Waals surface area (Å²) in [4.78, 5) is 47.5. The van der Waals surface area contributed by atoms with E-state index in [4.69, 9.17) is 11.6 Å². The first-order valence-corrected chi connectivity index (χ1v) is 14.4. The van der Waals surface area contributed by atoms with Gasteiger partial charge in [0.2, 0.25) is 11.8 Å². The van der Waals surface area contributed by atoms with E-state index in [0.29, 0.717) is 6.07 Å². The minimum atomic E-state index is -2.89. The lowest BCUT2D eigenvalue weighted by Crippen LogP contribution is -2.53. The van der Waals surface area contributed by atoms with Crippen LogP contribution in [0.2, 0.25) is 5.02 Å². The molecular weight excluding hydrogens is 618 g/mol. The molecule has 1 saturated heterocycles. The number of anilines is 2. The van der Waals surface area contributed by atoms with Crippen LogP contribution in [0.3, 0.4) is 0 Å². The lowest BCUT2D eigenvalue weighted by molar-refractivity contribution is -0.128. The maximum atomic E-state index is 14.6. The van der Waals surface area contributed by atoms with Crippen molar-refractivity contribution in [1.82, 2.24) is 10.3 Å². The number of nitriles is 1. The molecule has 3 amide bonds. The summed E-state index contributed by atoms with van der Waals surface area (Å²) in [6, 6.07) is 8.62. The Morgan fingerprint density at radius 3 is 2.42 bits per heavy atom. The van der Waals surface area contributed by atoms with Gasteiger partial charge in [-0.2, -0.15) is 5.26 Å².